The maximum Gasteiger partial charge on any atom is 0.271 e. The lowest BCUT2D eigenvalue weighted by molar-refractivity contribution is 0.282. The van der Waals surface area contributed by atoms with Gasteiger partial charge >= 0.3 is 0 Å². The van der Waals surface area contributed by atoms with Crippen LogP contribution < -0.4 is 4.72 Å². The summed E-state index contributed by atoms with van der Waals surface area (Å²) in [7, 11) is -3.61. The van der Waals surface area contributed by atoms with Gasteiger partial charge in [-0.3, -0.25) is 9.71 Å². The van der Waals surface area contributed by atoms with Gasteiger partial charge in [0, 0.05) is 6.20 Å². The van der Waals surface area contributed by atoms with Gasteiger partial charge in [0.2, 0.25) is 0 Å². The van der Waals surface area contributed by atoms with Crippen molar-refractivity contribution in [2.24, 2.45) is 0 Å². The van der Waals surface area contributed by atoms with E-state index in [-0.39, 0.29) is 10.8 Å². The molecule has 2 N–H and O–H groups in total. The third-order valence-electron chi connectivity index (χ3n) is 2.33. The number of nitrogens with zero attached hydrogens (tertiary/aromatic N) is 1. The number of hydrogen-bond acceptors (Lipinski definition) is 5. The standard InChI is InChI=1S/C11H12N2O3S2/c1-8-10(3-2-4-12-8)13-18(15,16)11-5-9(6-14)7-17-11/h2-5,7,13-14H,6H2,1H3. The van der Waals surface area contributed by atoms with Crippen molar-refractivity contribution in [3.05, 3.63) is 41.0 Å². The number of hydrogen-bond donors (Lipinski definition) is 2. The molecule has 18 heavy (non-hydrogen) atoms. The first-order chi connectivity index (χ1) is 8.53. The van der Waals surface area contributed by atoms with Gasteiger partial charge < -0.3 is 5.11 Å². The molecule has 0 bridgehead atoms. The Labute approximate surface area is 109 Å². The number of sulfonamides is 1. The summed E-state index contributed by atoms with van der Waals surface area (Å²) in [6, 6.07) is 4.78. The van der Waals surface area contributed by atoms with Crippen molar-refractivity contribution in [1.29, 1.82) is 0 Å². The summed E-state index contributed by atoms with van der Waals surface area (Å²) in [5.74, 6) is 0. The number of anilines is 1. The first-order valence-electron chi connectivity index (χ1n) is 5.15. The molecule has 0 atom stereocenters. The smallest absolute Gasteiger partial charge is 0.271 e. The molecule has 0 radical (unpaired) electrons. The molecule has 0 unspecified atom stereocenters. The van der Waals surface area contributed by atoms with Gasteiger partial charge in [-0.15, -0.1) is 11.3 Å². The maximum atomic E-state index is 12.1. The van der Waals surface area contributed by atoms with Crippen molar-refractivity contribution in [2.75, 3.05) is 4.72 Å². The molecule has 0 aromatic carbocycles. The fourth-order valence-electron chi connectivity index (χ4n) is 1.36. The van der Waals surface area contributed by atoms with Crippen LogP contribution in [0.3, 0.4) is 0 Å². The molecule has 96 valence electrons. The Morgan fingerprint density at radius 1 is 1.50 bits per heavy atom. The van der Waals surface area contributed by atoms with Crippen molar-refractivity contribution < 1.29 is 13.5 Å². The molecule has 2 heterocycles. The number of pyridine rings is 1. The number of aliphatic hydroxyl groups is 1. The molecule has 2 rings (SSSR count). The summed E-state index contributed by atoms with van der Waals surface area (Å²) in [6.45, 7) is 1.56. The van der Waals surface area contributed by atoms with E-state index in [4.69, 9.17) is 5.11 Å². The lowest BCUT2D eigenvalue weighted by Gasteiger charge is -2.07. The van der Waals surface area contributed by atoms with Gasteiger partial charge in [-0.2, -0.15) is 0 Å². The molecule has 0 saturated heterocycles. The van der Waals surface area contributed by atoms with E-state index in [0.29, 0.717) is 16.9 Å². The summed E-state index contributed by atoms with van der Waals surface area (Å²) < 4.78 is 26.8. The average molecular weight is 284 g/mol. The van der Waals surface area contributed by atoms with Gasteiger partial charge in [0.05, 0.1) is 18.0 Å². The van der Waals surface area contributed by atoms with Crippen LogP contribution in [-0.2, 0) is 16.6 Å². The monoisotopic (exact) mass is 284 g/mol. The summed E-state index contributed by atoms with van der Waals surface area (Å²) in [5, 5.41) is 10.5. The Kier molecular flexibility index (Phi) is 3.65. The third kappa shape index (κ3) is 2.69. The van der Waals surface area contributed by atoms with Crippen LogP contribution in [-0.4, -0.2) is 18.5 Å². The molecule has 5 nitrogen and oxygen atoms in total. The SMILES string of the molecule is Cc1ncccc1NS(=O)(=O)c1cc(CO)cs1. The van der Waals surface area contributed by atoms with Crippen LogP contribution in [0.4, 0.5) is 5.69 Å². The Hall–Kier alpha value is -1.44. The Balaban J connectivity index is 2.30. The van der Waals surface area contributed by atoms with Crippen molar-refractivity contribution in [3.8, 4) is 0 Å². The van der Waals surface area contributed by atoms with Crippen LogP contribution in [0, 0.1) is 6.92 Å². The number of aliphatic hydroxyl groups excluding tert-OH is 1. The van der Waals surface area contributed by atoms with E-state index < -0.39 is 10.0 Å². The van der Waals surface area contributed by atoms with Crippen LogP contribution >= 0.6 is 11.3 Å². The van der Waals surface area contributed by atoms with Gasteiger partial charge in [-0.25, -0.2) is 8.42 Å². The normalized spacial score (nSPS) is 11.4. The Morgan fingerprint density at radius 3 is 2.89 bits per heavy atom. The fourth-order valence-corrected chi connectivity index (χ4v) is 3.68. The average Bonchev–Trinajstić information content (AvgIpc) is 2.81. The summed E-state index contributed by atoms with van der Waals surface area (Å²) >= 11 is 1.08. The Morgan fingerprint density at radius 2 is 2.28 bits per heavy atom. The number of aryl methyl sites for hydroxylation is 1. The van der Waals surface area contributed by atoms with Crippen molar-refractivity contribution in [3.63, 3.8) is 0 Å². The van der Waals surface area contributed by atoms with Gasteiger partial charge in [-0.05, 0) is 36.1 Å². The first kappa shape index (κ1) is 13.0. The predicted octanol–water partition coefficient (Wildman–Crippen LogP) is 1.74. The van der Waals surface area contributed by atoms with Gasteiger partial charge in [0.25, 0.3) is 10.0 Å². The highest BCUT2D eigenvalue weighted by Gasteiger charge is 2.17. The highest BCUT2D eigenvalue weighted by Crippen LogP contribution is 2.23. The number of rotatable bonds is 4. The van der Waals surface area contributed by atoms with Crippen LogP contribution in [0.1, 0.15) is 11.3 Å². The van der Waals surface area contributed by atoms with E-state index in [1.165, 1.54) is 6.07 Å². The van der Waals surface area contributed by atoms with Crippen LogP contribution in [0.2, 0.25) is 0 Å². The molecular weight excluding hydrogens is 272 g/mol. The predicted molar refractivity (Wildman–Crippen MR) is 70.0 cm³/mol. The molecule has 0 aliphatic rings. The first-order valence-corrected chi connectivity index (χ1v) is 7.52. The van der Waals surface area contributed by atoms with Gasteiger partial charge in [0.15, 0.2) is 0 Å². The zero-order valence-electron chi connectivity index (χ0n) is 9.62. The fraction of sp³-hybridized carbons (Fsp3) is 0.182. The van der Waals surface area contributed by atoms with Crippen molar-refractivity contribution in [2.45, 2.75) is 17.7 Å². The van der Waals surface area contributed by atoms with Gasteiger partial charge in [-0.1, -0.05) is 0 Å². The lowest BCUT2D eigenvalue weighted by atomic mass is 10.3. The molecule has 0 fully saturated rings. The second kappa shape index (κ2) is 5.05. The second-order valence-corrected chi connectivity index (χ2v) is 6.49. The van der Waals surface area contributed by atoms with Crippen molar-refractivity contribution in [1.82, 2.24) is 4.98 Å². The largest absolute Gasteiger partial charge is 0.392 e. The molecule has 2 aromatic rings. The molecule has 0 saturated carbocycles. The number of thiophene rings is 1. The topological polar surface area (TPSA) is 79.3 Å². The number of nitrogens with one attached hydrogen (secondary N) is 1. The van der Waals surface area contributed by atoms with E-state index in [1.54, 1.807) is 30.6 Å². The minimum Gasteiger partial charge on any atom is -0.392 e. The zero-order chi connectivity index (χ0) is 13.2. The van der Waals surface area contributed by atoms with Gasteiger partial charge in [0.1, 0.15) is 4.21 Å². The summed E-state index contributed by atoms with van der Waals surface area (Å²) in [4.78, 5) is 4.01. The van der Waals surface area contributed by atoms with E-state index in [9.17, 15) is 8.42 Å². The lowest BCUT2D eigenvalue weighted by Crippen LogP contribution is -2.12. The second-order valence-electron chi connectivity index (χ2n) is 3.67. The van der Waals surface area contributed by atoms with Crippen LogP contribution in [0.15, 0.2) is 34.0 Å². The third-order valence-corrected chi connectivity index (χ3v) is 5.18. The molecular formula is C11H12N2O3S2. The maximum absolute atomic E-state index is 12.1. The molecule has 0 spiro atoms. The molecule has 0 aliphatic carbocycles. The Bertz CT molecular complexity index is 650. The molecule has 2 aromatic heterocycles. The quantitative estimate of drug-likeness (QED) is 0.896. The van der Waals surface area contributed by atoms with Crippen LogP contribution in [0.25, 0.3) is 0 Å². The highest BCUT2D eigenvalue weighted by atomic mass is 32.2. The summed E-state index contributed by atoms with van der Waals surface area (Å²) in [5.41, 5.74) is 1.65. The minimum atomic E-state index is -3.61. The van der Waals surface area contributed by atoms with Crippen LogP contribution in [0.5, 0.6) is 0 Å². The van der Waals surface area contributed by atoms with E-state index in [1.807, 2.05) is 0 Å². The molecule has 0 aliphatic heterocycles. The number of aromatic nitrogens is 1. The van der Waals surface area contributed by atoms with E-state index in [0.717, 1.165) is 11.3 Å². The van der Waals surface area contributed by atoms with E-state index in [2.05, 4.69) is 9.71 Å². The highest BCUT2D eigenvalue weighted by molar-refractivity contribution is 7.94. The zero-order valence-corrected chi connectivity index (χ0v) is 11.3. The molecule has 0 amide bonds. The van der Waals surface area contributed by atoms with Crippen molar-refractivity contribution >= 4 is 27.0 Å². The van der Waals surface area contributed by atoms with E-state index >= 15 is 0 Å². The minimum absolute atomic E-state index is 0.169. The molecule has 7 heteroatoms. The summed E-state index contributed by atoms with van der Waals surface area (Å²) in [6.07, 6.45) is 1.60.